The summed E-state index contributed by atoms with van der Waals surface area (Å²) in [5.41, 5.74) is 2.11. The van der Waals surface area contributed by atoms with Gasteiger partial charge >= 0.3 is 0 Å². The molecule has 0 aliphatic carbocycles. The molecule has 0 spiro atoms. The maximum absolute atomic E-state index is 5.81. The van der Waals surface area contributed by atoms with Gasteiger partial charge in [-0.05, 0) is 26.0 Å². The minimum absolute atomic E-state index is 0.363. The second-order valence-electron chi connectivity index (χ2n) is 5.89. The Labute approximate surface area is 135 Å². The highest BCUT2D eigenvalue weighted by Crippen LogP contribution is 2.19. The maximum Gasteiger partial charge on any atom is 0.247 e. The summed E-state index contributed by atoms with van der Waals surface area (Å²) in [6, 6.07) is 10.2. The van der Waals surface area contributed by atoms with Gasteiger partial charge < -0.3 is 4.42 Å². The fraction of sp³-hybridized carbons (Fsp3) is 0.353. The van der Waals surface area contributed by atoms with E-state index in [1.54, 1.807) is 0 Å². The molecule has 6 nitrogen and oxygen atoms in total. The largest absolute Gasteiger partial charge is 0.419 e. The summed E-state index contributed by atoms with van der Waals surface area (Å²) >= 11 is 0. The molecular weight excluding hydrogens is 290 g/mol. The lowest BCUT2D eigenvalue weighted by Gasteiger charge is -2.24. The normalized spacial score (nSPS) is 11.5. The Morgan fingerprint density at radius 2 is 1.91 bits per heavy atom. The van der Waals surface area contributed by atoms with Crippen molar-refractivity contribution in [3.63, 3.8) is 0 Å². The van der Waals surface area contributed by atoms with Gasteiger partial charge in [-0.1, -0.05) is 18.2 Å². The number of aryl methyl sites for hydroxylation is 1. The van der Waals surface area contributed by atoms with Crippen molar-refractivity contribution in [1.82, 2.24) is 24.9 Å². The molecule has 3 aromatic rings. The smallest absolute Gasteiger partial charge is 0.247 e. The highest BCUT2D eigenvalue weighted by Gasteiger charge is 2.16. The Morgan fingerprint density at radius 3 is 2.57 bits per heavy atom. The van der Waals surface area contributed by atoms with Crippen LogP contribution in [-0.2, 0) is 20.1 Å². The van der Waals surface area contributed by atoms with E-state index in [4.69, 9.17) is 4.42 Å². The van der Waals surface area contributed by atoms with E-state index >= 15 is 0 Å². The first kappa shape index (κ1) is 15.4. The third kappa shape index (κ3) is 3.84. The van der Waals surface area contributed by atoms with Crippen LogP contribution in [0.4, 0.5) is 0 Å². The first-order valence-electron chi connectivity index (χ1n) is 7.71. The summed E-state index contributed by atoms with van der Waals surface area (Å²) in [5.74, 6) is 1.19. The summed E-state index contributed by atoms with van der Waals surface area (Å²) in [5, 5.41) is 12.6. The van der Waals surface area contributed by atoms with Gasteiger partial charge in [0.15, 0.2) is 0 Å². The van der Waals surface area contributed by atoms with Crippen LogP contribution in [0.25, 0.3) is 11.5 Å². The predicted octanol–water partition coefficient (Wildman–Crippen LogP) is 2.88. The summed E-state index contributed by atoms with van der Waals surface area (Å²) in [7, 11) is 1.92. The summed E-state index contributed by atoms with van der Waals surface area (Å²) in [6.07, 6.45) is 3.91. The molecule has 3 rings (SSSR count). The van der Waals surface area contributed by atoms with Gasteiger partial charge in [-0.25, -0.2) is 0 Å². The quantitative estimate of drug-likeness (QED) is 0.700. The Morgan fingerprint density at radius 1 is 1.13 bits per heavy atom. The van der Waals surface area contributed by atoms with Gasteiger partial charge in [0.2, 0.25) is 11.8 Å². The second kappa shape index (κ2) is 6.75. The third-order valence-electron chi connectivity index (χ3n) is 3.70. The number of hydrogen-bond donors (Lipinski definition) is 0. The van der Waals surface area contributed by atoms with E-state index in [1.807, 2.05) is 54.5 Å². The highest BCUT2D eigenvalue weighted by atomic mass is 16.4. The number of benzene rings is 1. The lowest BCUT2D eigenvalue weighted by molar-refractivity contribution is 0.184. The van der Waals surface area contributed by atoms with Crippen LogP contribution in [0.15, 0.2) is 47.1 Å². The van der Waals surface area contributed by atoms with Gasteiger partial charge in [-0.2, -0.15) is 5.10 Å². The minimum Gasteiger partial charge on any atom is -0.419 e. The molecule has 0 bridgehead atoms. The number of aromatic nitrogens is 4. The van der Waals surface area contributed by atoms with Gasteiger partial charge in [0.1, 0.15) is 0 Å². The maximum atomic E-state index is 5.81. The Hall–Kier alpha value is -2.47. The van der Waals surface area contributed by atoms with Crippen molar-refractivity contribution in [1.29, 1.82) is 0 Å². The zero-order chi connectivity index (χ0) is 16.2. The average Bonchev–Trinajstić information content (AvgIpc) is 3.17. The Bertz CT molecular complexity index is 747. The lowest BCUT2D eigenvalue weighted by atomic mass is 10.2. The van der Waals surface area contributed by atoms with E-state index in [0.29, 0.717) is 24.4 Å². The van der Waals surface area contributed by atoms with Crippen LogP contribution in [0.2, 0.25) is 0 Å². The Kier molecular flexibility index (Phi) is 4.52. The van der Waals surface area contributed by atoms with Crippen molar-refractivity contribution < 1.29 is 4.42 Å². The standard InChI is InChI=1S/C17H21N5O/c1-13(2)22(11-14-9-18-21(3)10-14)12-16-19-20-17(23-16)15-7-5-4-6-8-15/h4-10,13H,11-12H2,1-3H3. The number of rotatable bonds is 6. The molecule has 0 fully saturated rings. The van der Waals surface area contributed by atoms with Gasteiger partial charge in [0, 0.05) is 37.0 Å². The van der Waals surface area contributed by atoms with Crippen LogP contribution in [0.5, 0.6) is 0 Å². The van der Waals surface area contributed by atoms with E-state index < -0.39 is 0 Å². The predicted molar refractivity (Wildman–Crippen MR) is 87.3 cm³/mol. The van der Waals surface area contributed by atoms with Crippen LogP contribution < -0.4 is 0 Å². The Balaban J connectivity index is 1.72. The van der Waals surface area contributed by atoms with Crippen LogP contribution in [0.3, 0.4) is 0 Å². The first-order chi connectivity index (χ1) is 11.1. The van der Waals surface area contributed by atoms with Gasteiger partial charge in [-0.3, -0.25) is 9.58 Å². The van der Waals surface area contributed by atoms with Crippen LogP contribution in [0.1, 0.15) is 25.3 Å². The second-order valence-corrected chi connectivity index (χ2v) is 5.89. The van der Waals surface area contributed by atoms with Crippen molar-refractivity contribution >= 4 is 0 Å². The van der Waals surface area contributed by atoms with Crippen molar-refractivity contribution in [2.45, 2.75) is 33.0 Å². The lowest BCUT2D eigenvalue weighted by Crippen LogP contribution is -2.29. The molecule has 6 heteroatoms. The van der Waals surface area contributed by atoms with Crippen molar-refractivity contribution in [2.75, 3.05) is 0 Å². The monoisotopic (exact) mass is 311 g/mol. The molecule has 0 saturated heterocycles. The SMILES string of the molecule is CC(C)N(Cc1cnn(C)c1)Cc1nnc(-c2ccccc2)o1. The van der Waals surface area contributed by atoms with E-state index in [0.717, 1.165) is 12.1 Å². The minimum atomic E-state index is 0.363. The van der Waals surface area contributed by atoms with Crippen LogP contribution in [0, 0.1) is 0 Å². The zero-order valence-corrected chi connectivity index (χ0v) is 13.7. The summed E-state index contributed by atoms with van der Waals surface area (Å²) in [6.45, 7) is 5.73. The number of nitrogens with zero attached hydrogens (tertiary/aromatic N) is 5. The molecular formula is C17H21N5O. The molecule has 0 unspecified atom stereocenters. The van der Waals surface area contributed by atoms with Crippen molar-refractivity contribution in [3.05, 3.63) is 54.2 Å². The fourth-order valence-electron chi connectivity index (χ4n) is 2.40. The van der Waals surface area contributed by atoms with Crippen molar-refractivity contribution in [2.24, 2.45) is 7.05 Å². The van der Waals surface area contributed by atoms with E-state index in [1.165, 1.54) is 5.56 Å². The van der Waals surface area contributed by atoms with E-state index in [-0.39, 0.29) is 0 Å². The molecule has 120 valence electrons. The van der Waals surface area contributed by atoms with E-state index in [9.17, 15) is 0 Å². The molecule has 0 aliphatic rings. The molecule has 0 amide bonds. The summed E-state index contributed by atoms with van der Waals surface area (Å²) in [4.78, 5) is 2.28. The topological polar surface area (TPSA) is 60.0 Å². The molecule has 0 N–H and O–H groups in total. The molecule has 0 aliphatic heterocycles. The molecule has 2 aromatic heterocycles. The van der Waals surface area contributed by atoms with Gasteiger partial charge in [0.25, 0.3) is 0 Å². The molecule has 0 atom stereocenters. The highest BCUT2D eigenvalue weighted by molar-refractivity contribution is 5.51. The van der Waals surface area contributed by atoms with Crippen molar-refractivity contribution in [3.8, 4) is 11.5 Å². The third-order valence-corrected chi connectivity index (χ3v) is 3.70. The molecule has 0 radical (unpaired) electrons. The average molecular weight is 311 g/mol. The first-order valence-corrected chi connectivity index (χ1v) is 7.71. The molecule has 1 aromatic carbocycles. The van der Waals surface area contributed by atoms with E-state index in [2.05, 4.69) is 34.0 Å². The molecule has 23 heavy (non-hydrogen) atoms. The summed E-state index contributed by atoms with van der Waals surface area (Å²) < 4.78 is 7.62. The van der Waals surface area contributed by atoms with Crippen LogP contribution in [-0.4, -0.2) is 30.9 Å². The molecule has 2 heterocycles. The van der Waals surface area contributed by atoms with Gasteiger partial charge in [0.05, 0.1) is 12.7 Å². The fourth-order valence-corrected chi connectivity index (χ4v) is 2.40. The van der Waals surface area contributed by atoms with Gasteiger partial charge in [-0.15, -0.1) is 10.2 Å². The zero-order valence-electron chi connectivity index (χ0n) is 13.7. The van der Waals surface area contributed by atoms with Crippen LogP contribution >= 0.6 is 0 Å². The molecule has 0 saturated carbocycles. The number of hydrogen-bond acceptors (Lipinski definition) is 5.